The lowest BCUT2D eigenvalue weighted by Gasteiger charge is -2.63. The van der Waals surface area contributed by atoms with E-state index in [1.165, 1.54) is 0 Å². The van der Waals surface area contributed by atoms with Crippen LogP contribution in [0, 0.1) is 34.5 Å². The van der Waals surface area contributed by atoms with Crippen LogP contribution in [0.3, 0.4) is 0 Å². The van der Waals surface area contributed by atoms with Gasteiger partial charge in [-0.1, -0.05) is 20.4 Å². The minimum Gasteiger partial charge on any atom is -0.490 e. The van der Waals surface area contributed by atoms with Crippen molar-refractivity contribution in [1.82, 2.24) is 0 Å². The molecule has 8 aliphatic rings. The van der Waals surface area contributed by atoms with Crippen molar-refractivity contribution in [2.45, 2.75) is 197 Å². The van der Waals surface area contributed by atoms with Gasteiger partial charge in [0.15, 0.2) is 18.9 Å². The Kier molecular flexibility index (Phi) is 10.9. The van der Waals surface area contributed by atoms with E-state index in [4.69, 9.17) is 33.2 Å². The summed E-state index contributed by atoms with van der Waals surface area (Å²) < 4.78 is 43.0. The van der Waals surface area contributed by atoms with Gasteiger partial charge in [-0.05, 0) is 107 Å². The van der Waals surface area contributed by atoms with Gasteiger partial charge >= 0.3 is 0 Å². The summed E-state index contributed by atoms with van der Waals surface area (Å²) in [5.41, 5.74) is -0.140. The normalized spacial score (nSPS) is 55.0. The van der Waals surface area contributed by atoms with Gasteiger partial charge in [0.1, 0.15) is 24.6 Å². The molecule has 0 aromatic heterocycles. The first kappa shape index (κ1) is 39.7. The van der Waals surface area contributed by atoms with Gasteiger partial charge in [0.25, 0.3) is 0 Å². The number of aliphatic hydroxyl groups excluding tert-OH is 4. The van der Waals surface area contributed by atoms with E-state index in [0.29, 0.717) is 49.9 Å². The number of fused-ring (bicyclic) bond motifs is 5. The maximum Gasteiger partial charge on any atom is 0.161 e. The number of hydrogen-bond donors (Lipinski definition) is 5. The molecular weight excluding hydrogens is 696 g/mol. The third-order valence-corrected chi connectivity index (χ3v) is 15.9. The van der Waals surface area contributed by atoms with Crippen LogP contribution < -0.4 is 0 Å². The summed E-state index contributed by atoms with van der Waals surface area (Å²) >= 11 is 0. The number of aliphatic hydroxyl groups is 5. The first-order valence-electron chi connectivity index (χ1n) is 21.0. The molecule has 5 N–H and O–H groups in total. The molecule has 306 valence electrons. The first-order valence-corrected chi connectivity index (χ1v) is 21.0. The van der Waals surface area contributed by atoms with E-state index in [1.807, 2.05) is 19.9 Å². The van der Waals surface area contributed by atoms with Gasteiger partial charge in [-0.2, -0.15) is 0 Å². The van der Waals surface area contributed by atoms with Gasteiger partial charge in [0.2, 0.25) is 0 Å². The molecule has 0 spiro atoms. The molecule has 0 radical (unpaired) electrons. The molecule has 4 saturated carbocycles. The molecule has 0 amide bonds. The molecule has 8 rings (SSSR count). The quantitative estimate of drug-likeness (QED) is 0.235. The predicted octanol–water partition coefficient (Wildman–Crippen LogP) is 4.23. The van der Waals surface area contributed by atoms with Crippen LogP contribution >= 0.6 is 0 Å². The Morgan fingerprint density at radius 2 is 1.44 bits per heavy atom. The Morgan fingerprint density at radius 3 is 2.15 bits per heavy atom. The minimum absolute atomic E-state index is 0.0403. The molecule has 20 atom stereocenters. The lowest BCUT2D eigenvalue weighted by Crippen LogP contribution is -2.62. The van der Waals surface area contributed by atoms with Gasteiger partial charge in [0, 0.05) is 37.0 Å². The third-order valence-electron chi connectivity index (χ3n) is 15.9. The van der Waals surface area contributed by atoms with Gasteiger partial charge < -0.3 is 58.7 Å². The lowest BCUT2D eigenvalue weighted by molar-refractivity contribution is -0.323. The number of allylic oxidation sites excluding steroid dienone is 1. The zero-order valence-corrected chi connectivity index (χ0v) is 32.9. The molecule has 13 unspecified atom stereocenters. The average Bonchev–Trinajstić information content (AvgIpc) is 3.62. The number of rotatable bonds is 7. The average molecular weight is 763 g/mol. The molecule has 12 heteroatoms. The molecule has 7 fully saturated rings. The van der Waals surface area contributed by atoms with E-state index in [0.717, 1.165) is 50.5 Å². The molecule has 4 heterocycles. The molecule has 54 heavy (non-hydrogen) atoms. The van der Waals surface area contributed by atoms with Gasteiger partial charge in [-0.15, -0.1) is 0 Å². The molecule has 0 aromatic rings. The van der Waals surface area contributed by atoms with E-state index in [1.54, 1.807) is 6.92 Å². The Hall–Kier alpha value is -1.16. The van der Waals surface area contributed by atoms with Gasteiger partial charge in [-0.3, -0.25) is 0 Å². The zero-order valence-electron chi connectivity index (χ0n) is 32.9. The Morgan fingerprint density at radius 1 is 0.722 bits per heavy atom. The first-order chi connectivity index (χ1) is 25.6. The van der Waals surface area contributed by atoms with Crippen LogP contribution in [-0.4, -0.2) is 118 Å². The van der Waals surface area contributed by atoms with Crippen molar-refractivity contribution in [2.75, 3.05) is 6.61 Å². The van der Waals surface area contributed by atoms with Crippen molar-refractivity contribution >= 4 is 0 Å². The van der Waals surface area contributed by atoms with Crippen LogP contribution in [0.25, 0.3) is 0 Å². The fourth-order valence-electron chi connectivity index (χ4n) is 12.9. The molecule has 0 bridgehead atoms. The SMILES string of the molecule is C=C1C=C(C2C(O)C[C@@]3(O)C4CC[C@H]5CC(O[C@@H]6CC(O)[C@@H](OC7CC[C@@H](OC8CC(O)C(O)C(C)O8)C(C)O7)C(C)O6)CC[C@@]5(C)C4CC[C@]23C)CO1. The van der Waals surface area contributed by atoms with Crippen molar-refractivity contribution in [3.8, 4) is 0 Å². The van der Waals surface area contributed by atoms with Crippen LogP contribution in [0.15, 0.2) is 24.0 Å². The van der Waals surface area contributed by atoms with E-state index in [-0.39, 0.29) is 42.0 Å². The number of hydrogen-bond acceptors (Lipinski definition) is 12. The summed E-state index contributed by atoms with van der Waals surface area (Å²) in [4.78, 5) is 0. The highest BCUT2D eigenvalue weighted by Gasteiger charge is 2.70. The van der Waals surface area contributed by atoms with Crippen LogP contribution in [0.1, 0.15) is 112 Å². The summed E-state index contributed by atoms with van der Waals surface area (Å²) in [6.07, 6.45) is 4.15. The summed E-state index contributed by atoms with van der Waals surface area (Å²) in [6, 6.07) is 0. The van der Waals surface area contributed by atoms with Crippen molar-refractivity contribution in [3.63, 3.8) is 0 Å². The largest absolute Gasteiger partial charge is 0.490 e. The molecule has 3 saturated heterocycles. The van der Waals surface area contributed by atoms with Gasteiger partial charge in [0.05, 0.1) is 54.4 Å². The van der Waals surface area contributed by atoms with Crippen molar-refractivity contribution in [1.29, 1.82) is 0 Å². The lowest BCUT2D eigenvalue weighted by atomic mass is 9.43. The maximum atomic E-state index is 12.6. The second-order valence-corrected chi connectivity index (χ2v) is 18.9. The zero-order chi connectivity index (χ0) is 38.3. The van der Waals surface area contributed by atoms with Crippen LogP contribution in [0.5, 0.6) is 0 Å². The van der Waals surface area contributed by atoms with Crippen LogP contribution in [0.2, 0.25) is 0 Å². The predicted molar refractivity (Wildman–Crippen MR) is 195 cm³/mol. The highest BCUT2D eigenvalue weighted by molar-refractivity contribution is 5.32. The van der Waals surface area contributed by atoms with Crippen molar-refractivity contribution < 1.29 is 58.7 Å². The summed E-state index contributed by atoms with van der Waals surface area (Å²) in [5, 5.41) is 55.5. The molecule has 0 aromatic carbocycles. The van der Waals surface area contributed by atoms with E-state index >= 15 is 0 Å². The van der Waals surface area contributed by atoms with Crippen molar-refractivity contribution in [3.05, 3.63) is 24.0 Å². The third kappa shape index (κ3) is 6.84. The fourth-order valence-corrected chi connectivity index (χ4v) is 12.9. The summed E-state index contributed by atoms with van der Waals surface area (Å²) in [6.45, 7) is 14.6. The van der Waals surface area contributed by atoms with Crippen LogP contribution in [-0.2, 0) is 33.2 Å². The standard InChI is InChI=1S/C42H66O12/c1-21-15-25(20-48-21)37-32(45)19-42(47)29-8-7-26-16-27(11-13-40(26,5)28(29)12-14-41(37,42)6)52-35-18-31(44)39(24(4)51-35)54-34-10-9-33(22(2)49-34)53-36-17-30(43)38(46)23(3)50-36/h15,22-24,26-39,43-47H,1,7-14,16-20H2,2-6H3/t22?,23?,24?,26-,27?,28?,29?,30?,31?,32?,33+,34?,35+,36?,37?,38?,39-,40+,41+,42+/m0/s1. The second kappa shape index (κ2) is 14.9. The Bertz CT molecular complexity index is 1380. The monoisotopic (exact) mass is 762 g/mol. The van der Waals surface area contributed by atoms with Crippen molar-refractivity contribution in [2.24, 2.45) is 34.5 Å². The fraction of sp³-hybridized carbons (Fsp3) is 0.905. The van der Waals surface area contributed by atoms with E-state index < -0.39 is 72.6 Å². The molecule has 12 nitrogen and oxygen atoms in total. The Labute approximate surface area is 320 Å². The van der Waals surface area contributed by atoms with E-state index in [2.05, 4.69) is 20.4 Å². The Balaban J connectivity index is 0.825. The number of ether oxygens (including phenoxy) is 7. The molecule has 4 aliphatic carbocycles. The van der Waals surface area contributed by atoms with Crippen LogP contribution in [0.4, 0.5) is 0 Å². The summed E-state index contributed by atoms with van der Waals surface area (Å²) in [5.74, 6) is 1.56. The summed E-state index contributed by atoms with van der Waals surface area (Å²) in [7, 11) is 0. The molecule has 4 aliphatic heterocycles. The minimum atomic E-state index is -0.928. The van der Waals surface area contributed by atoms with E-state index in [9.17, 15) is 25.5 Å². The maximum absolute atomic E-state index is 12.6. The molecular formula is C42H66O12. The smallest absolute Gasteiger partial charge is 0.161 e. The van der Waals surface area contributed by atoms with Gasteiger partial charge in [-0.25, -0.2) is 0 Å². The highest BCUT2D eigenvalue weighted by Crippen LogP contribution is 2.70. The highest BCUT2D eigenvalue weighted by atomic mass is 16.7. The topological polar surface area (TPSA) is 166 Å². The second-order valence-electron chi connectivity index (χ2n) is 18.9.